The molecule has 0 aliphatic heterocycles. The maximum atomic E-state index is 11.6. The van der Waals surface area contributed by atoms with Gasteiger partial charge in [0.1, 0.15) is 11.4 Å². The number of rotatable bonds is 2. The molecule has 0 saturated heterocycles. The predicted molar refractivity (Wildman–Crippen MR) is 61.9 cm³/mol. The highest BCUT2D eigenvalue weighted by molar-refractivity contribution is 6.34. The summed E-state index contributed by atoms with van der Waals surface area (Å²) in [5.41, 5.74) is 0.906. The number of carbonyl (C=O) groups excluding carboxylic acids is 1. The fourth-order valence-corrected chi connectivity index (χ4v) is 1.49. The van der Waals surface area contributed by atoms with Crippen LogP contribution in [0.5, 0.6) is 5.75 Å². The van der Waals surface area contributed by atoms with Gasteiger partial charge >= 0.3 is 0 Å². The second kappa shape index (κ2) is 4.28. The van der Waals surface area contributed by atoms with E-state index < -0.39 is 0 Å². The van der Waals surface area contributed by atoms with Gasteiger partial charge < -0.3 is 15.4 Å². The molecule has 1 aromatic heterocycles. The molecule has 3 N–H and O–H groups in total. The summed E-state index contributed by atoms with van der Waals surface area (Å²) in [5, 5.41) is 12.1. The van der Waals surface area contributed by atoms with E-state index in [0.29, 0.717) is 16.4 Å². The average Bonchev–Trinajstić information content (AvgIpc) is 2.75. The molecule has 0 fully saturated rings. The molecule has 5 heteroatoms. The minimum atomic E-state index is -0.280. The van der Waals surface area contributed by atoms with Gasteiger partial charge in [-0.15, -0.1) is 0 Å². The lowest BCUT2D eigenvalue weighted by Gasteiger charge is -2.06. The van der Waals surface area contributed by atoms with E-state index in [1.54, 1.807) is 24.4 Å². The number of halogens is 1. The first-order chi connectivity index (χ1) is 7.66. The van der Waals surface area contributed by atoms with Crippen LogP contribution in [0, 0.1) is 0 Å². The number of phenols is 1. The smallest absolute Gasteiger partial charge is 0.272 e. The zero-order valence-electron chi connectivity index (χ0n) is 8.20. The van der Waals surface area contributed by atoms with Gasteiger partial charge in [-0.3, -0.25) is 4.79 Å². The Labute approximate surface area is 96.9 Å². The number of aromatic amines is 1. The number of aromatic nitrogens is 1. The number of amides is 1. The number of phenolic OH excluding ortho intramolecular Hbond substituents is 1. The van der Waals surface area contributed by atoms with Gasteiger partial charge in [0.05, 0.1) is 10.7 Å². The molecule has 0 atom stereocenters. The predicted octanol–water partition coefficient (Wildman–Crippen LogP) is 2.63. The van der Waals surface area contributed by atoms with Crippen LogP contribution in [0.1, 0.15) is 10.5 Å². The number of H-pyrrole nitrogens is 1. The molecule has 0 spiro atoms. The average molecular weight is 237 g/mol. The molecule has 16 heavy (non-hydrogen) atoms. The summed E-state index contributed by atoms with van der Waals surface area (Å²) in [6, 6.07) is 7.75. The van der Waals surface area contributed by atoms with Gasteiger partial charge in [-0.1, -0.05) is 11.6 Å². The Hall–Kier alpha value is -1.94. The highest BCUT2D eigenvalue weighted by atomic mass is 35.5. The highest BCUT2D eigenvalue weighted by Crippen LogP contribution is 2.26. The molecule has 0 unspecified atom stereocenters. The Morgan fingerprint density at radius 2 is 2.19 bits per heavy atom. The van der Waals surface area contributed by atoms with E-state index in [2.05, 4.69) is 10.3 Å². The molecule has 1 amide bonds. The Bertz CT molecular complexity index is 509. The van der Waals surface area contributed by atoms with Gasteiger partial charge in [0, 0.05) is 12.3 Å². The van der Waals surface area contributed by atoms with Gasteiger partial charge in [-0.2, -0.15) is 0 Å². The quantitative estimate of drug-likeness (QED) is 0.702. The SMILES string of the molecule is O=C(Nc1ccc(O)cc1Cl)c1ccc[nH]1. The van der Waals surface area contributed by atoms with E-state index >= 15 is 0 Å². The fourth-order valence-electron chi connectivity index (χ4n) is 1.27. The monoisotopic (exact) mass is 236 g/mol. The lowest BCUT2D eigenvalue weighted by Crippen LogP contribution is -2.12. The normalized spacial score (nSPS) is 10.1. The third kappa shape index (κ3) is 2.17. The van der Waals surface area contributed by atoms with Crippen LogP contribution < -0.4 is 5.32 Å². The summed E-state index contributed by atoms with van der Waals surface area (Å²) >= 11 is 5.85. The zero-order chi connectivity index (χ0) is 11.5. The van der Waals surface area contributed by atoms with Crippen LogP contribution in [0.4, 0.5) is 5.69 Å². The van der Waals surface area contributed by atoms with Crippen LogP contribution in [0.3, 0.4) is 0 Å². The van der Waals surface area contributed by atoms with Crippen molar-refractivity contribution in [2.45, 2.75) is 0 Å². The lowest BCUT2D eigenvalue weighted by atomic mass is 10.3. The molecule has 0 bridgehead atoms. The molecule has 0 saturated carbocycles. The summed E-state index contributed by atoms with van der Waals surface area (Å²) in [6.07, 6.45) is 1.66. The summed E-state index contributed by atoms with van der Waals surface area (Å²) in [7, 11) is 0. The minimum absolute atomic E-state index is 0.0582. The molecule has 0 aliphatic rings. The van der Waals surface area contributed by atoms with Crippen molar-refractivity contribution in [2.24, 2.45) is 0 Å². The van der Waals surface area contributed by atoms with Crippen LogP contribution in [0.25, 0.3) is 0 Å². The second-order valence-electron chi connectivity index (χ2n) is 3.20. The van der Waals surface area contributed by atoms with Crippen LogP contribution in [-0.2, 0) is 0 Å². The number of hydrogen-bond acceptors (Lipinski definition) is 2. The topological polar surface area (TPSA) is 65.1 Å². The Balaban J connectivity index is 2.18. The lowest BCUT2D eigenvalue weighted by molar-refractivity contribution is 0.102. The van der Waals surface area contributed by atoms with E-state index in [0.717, 1.165) is 0 Å². The summed E-state index contributed by atoms with van der Waals surface area (Å²) < 4.78 is 0. The summed E-state index contributed by atoms with van der Waals surface area (Å²) in [4.78, 5) is 14.4. The van der Waals surface area contributed by atoms with Crippen molar-refractivity contribution in [2.75, 3.05) is 5.32 Å². The largest absolute Gasteiger partial charge is 0.508 e. The van der Waals surface area contributed by atoms with Crippen molar-refractivity contribution in [1.29, 1.82) is 0 Å². The van der Waals surface area contributed by atoms with Crippen molar-refractivity contribution in [1.82, 2.24) is 4.98 Å². The third-order valence-corrected chi connectivity index (χ3v) is 2.36. The van der Waals surface area contributed by atoms with Gasteiger partial charge in [-0.25, -0.2) is 0 Å². The first-order valence-electron chi connectivity index (χ1n) is 4.60. The van der Waals surface area contributed by atoms with Crippen LogP contribution in [0.2, 0.25) is 5.02 Å². The number of nitrogens with one attached hydrogen (secondary N) is 2. The van der Waals surface area contributed by atoms with Crippen LogP contribution in [0.15, 0.2) is 36.5 Å². The van der Waals surface area contributed by atoms with E-state index in [4.69, 9.17) is 16.7 Å². The molecule has 2 aromatic rings. The number of aromatic hydroxyl groups is 1. The summed E-state index contributed by atoms with van der Waals surface area (Å²) in [5.74, 6) is -0.222. The number of anilines is 1. The maximum absolute atomic E-state index is 11.6. The standard InChI is InChI=1S/C11H9ClN2O2/c12-8-6-7(15)3-4-9(8)14-11(16)10-2-1-5-13-10/h1-6,13,15H,(H,14,16). The van der Waals surface area contributed by atoms with Gasteiger partial charge in [0.15, 0.2) is 0 Å². The van der Waals surface area contributed by atoms with E-state index in [-0.39, 0.29) is 11.7 Å². The van der Waals surface area contributed by atoms with E-state index in [1.165, 1.54) is 12.1 Å². The number of carbonyl (C=O) groups is 1. The molecule has 0 radical (unpaired) electrons. The van der Waals surface area contributed by atoms with Gasteiger partial charge in [-0.05, 0) is 24.3 Å². The molecular formula is C11H9ClN2O2. The van der Waals surface area contributed by atoms with Crippen molar-refractivity contribution in [3.05, 3.63) is 47.2 Å². The molecule has 1 aromatic carbocycles. The molecule has 2 rings (SSSR count). The van der Waals surface area contributed by atoms with Crippen molar-refractivity contribution < 1.29 is 9.90 Å². The molecular weight excluding hydrogens is 228 g/mol. The van der Waals surface area contributed by atoms with Crippen LogP contribution >= 0.6 is 11.6 Å². The van der Waals surface area contributed by atoms with E-state index in [9.17, 15) is 4.79 Å². The Morgan fingerprint density at radius 3 is 2.81 bits per heavy atom. The highest BCUT2D eigenvalue weighted by Gasteiger charge is 2.08. The van der Waals surface area contributed by atoms with Crippen molar-refractivity contribution >= 4 is 23.2 Å². The molecule has 1 heterocycles. The first kappa shape index (κ1) is 10.6. The van der Waals surface area contributed by atoms with E-state index in [1.807, 2.05) is 0 Å². The molecule has 4 nitrogen and oxygen atoms in total. The zero-order valence-corrected chi connectivity index (χ0v) is 8.95. The van der Waals surface area contributed by atoms with Gasteiger partial charge in [0.25, 0.3) is 5.91 Å². The number of hydrogen-bond donors (Lipinski definition) is 3. The van der Waals surface area contributed by atoms with Crippen molar-refractivity contribution in [3.8, 4) is 5.75 Å². The van der Waals surface area contributed by atoms with Gasteiger partial charge in [0.2, 0.25) is 0 Å². The Kier molecular flexibility index (Phi) is 2.83. The number of benzene rings is 1. The second-order valence-corrected chi connectivity index (χ2v) is 3.61. The summed E-state index contributed by atoms with van der Waals surface area (Å²) in [6.45, 7) is 0. The fraction of sp³-hybridized carbons (Fsp3) is 0. The van der Waals surface area contributed by atoms with Crippen LogP contribution in [-0.4, -0.2) is 16.0 Å². The Morgan fingerprint density at radius 1 is 1.38 bits per heavy atom. The van der Waals surface area contributed by atoms with Crippen molar-refractivity contribution in [3.63, 3.8) is 0 Å². The molecule has 82 valence electrons. The maximum Gasteiger partial charge on any atom is 0.272 e. The molecule has 0 aliphatic carbocycles. The third-order valence-electron chi connectivity index (χ3n) is 2.04. The minimum Gasteiger partial charge on any atom is -0.508 e. The first-order valence-corrected chi connectivity index (χ1v) is 4.98.